The highest BCUT2D eigenvalue weighted by atomic mass is 35.5. The van der Waals surface area contributed by atoms with Gasteiger partial charge in [-0.05, 0) is 84.4 Å². The smallest absolute Gasteiger partial charge is 0.282 e. The van der Waals surface area contributed by atoms with Gasteiger partial charge in [-0.15, -0.1) is 0 Å². The van der Waals surface area contributed by atoms with Crippen LogP contribution in [0.15, 0.2) is 105 Å². The maximum absolute atomic E-state index is 13.5. The van der Waals surface area contributed by atoms with Gasteiger partial charge < -0.3 is 19.2 Å². The van der Waals surface area contributed by atoms with Crippen LogP contribution >= 0.6 is 23.2 Å². The van der Waals surface area contributed by atoms with E-state index in [1.807, 2.05) is 6.07 Å². The molecule has 0 radical (unpaired) electrons. The van der Waals surface area contributed by atoms with Crippen molar-refractivity contribution in [3.8, 4) is 23.1 Å². The Labute approximate surface area is 254 Å². The number of hydrogen-bond donors (Lipinski definition) is 1. The number of nitrogens with zero attached hydrogens (tertiary/aromatic N) is 3. The topological polar surface area (TPSA) is 108 Å². The molecule has 214 valence electrons. The lowest BCUT2D eigenvalue weighted by atomic mass is 10.2. The van der Waals surface area contributed by atoms with Gasteiger partial charge in [0, 0.05) is 21.1 Å². The molecular formula is C32H22Cl2N4O5. The quantitative estimate of drug-likeness (QED) is 0.185. The van der Waals surface area contributed by atoms with Crippen molar-refractivity contribution in [3.63, 3.8) is 0 Å². The summed E-state index contributed by atoms with van der Waals surface area (Å²) in [6, 6.07) is 25.8. The summed E-state index contributed by atoms with van der Waals surface area (Å²) in [7, 11) is 1.49. The van der Waals surface area contributed by atoms with Crippen LogP contribution in [0.5, 0.6) is 11.5 Å². The van der Waals surface area contributed by atoms with E-state index in [0.717, 1.165) is 5.39 Å². The van der Waals surface area contributed by atoms with Crippen LogP contribution in [-0.4, -0.2) is 35.5 Å². The number of carbonyl (C=O) groups excluding carboxylic acids is 1. The Morgan fingerprint density at radius 3 is 2.58 bits per heavy atom. The van der Waals surface area contributed by atoms with Gasteiger partial charge in [0.15, 0.2) is 23.9 Å². The molecule has 0 aliphatic carbocycles. The molecule has 0 bridgehead atoms. The monoisotopic (exact) mass is 612 g/mol. The van der Waals surface area contributed by atoms with E-state index < -0.39 is 0 Å². The van der Waals surface area contributed by atoms with Crippen LogP contribution in [0.4, 0.5) is 5.69 Å². The number of furan rings is 1. The van der Waals surface area contributed by atoms with Gasteiger partial charge in [-0.3, -0.25) is 9.59 Å². The largest absolute Gasteiger partial charge is 0.493 e. The number of rotatable bonds is 8. The molecule has 0 fully saturated rings. The molecule has 0 spiro atoms. The average Bonchev–Trinajstić information content (AvgIpc) is 3.44. The molecular weight excluding hydrogens is 591 g/mol. The van der Waals surface area contributed by atoms with Crippen LogP contribution in [0.2, 0.25) is 10.0 Å². The molecule has 2 aromatic heterocycles. The van der Waals surface area contributed by atoms with Gasteiger partial charge in [0.2, 0.25) is 5.82 Å². The molecule has 43 heavy (non-hydrogen) atoms. The highest BCUT2D eigenvalue weighted by Crippen LogP contribution is 2.30. The van der Waals surface area contributed by atoms with Gasteiger partial charge in [0.25, 0.3) is 11.5 Å². The van der Waals surface area contributed by atoms with Crippen molar-refractivity contribution in [1.82, 2.24) is 9.66 Å². The predicted molar refractivity (Wildman–Crippen MR) is 168 cm³/mol. The van der Waals surface area contributed by atoms with E-state index in [4.69, 9.17) is 42.1 Å². The van der Waals surface area contributed by atoms with Gasteiger partial charge in [-0.1, -0.05) is 35.3 Å². The van der Waals surface area contributed by atoms with Crippen molar-refractivity contribution in [2.45, 2.75) is 0 Å². The first-order valence-corrected chi connectivity index (χ1v) is 13.8. The van der Waals surface area contributed by atoms with Crippen LogP contribution in [0.1, 0.15) is 5.56 Å². The van der Waals surface area contributed by atoms with Gasteiger partial charge in [-0.25, -0.2) is 4.98 Å². The third-order valence-electron chi connectivity index (χ3n) is 6.45. The summed E-state index contributed by atoms with van der Waals surface area (Å²) in [6.07, 6.45) is 1.50. The fourth-order valence-corrected chi connectivity index (χ4v) is 4.70. The average molecular weight is 613 g/mol. The van der Waals surface area contributed by atoms with E-state index in [2.05, 4.69) is 10.4 Å². The SMILES string of the molecule is COc1cc(C=Nn2c(-c3cc4cc(Cl)ccc4o3)nc3ccccc3c2=O)ccc1OCC(=O)Nc1ccc(Cl)cc1. The zero-order chi connectivity index (χ0) is 29.9. The first-order chi connectivity index (χ1) is 20.9. The Bertz CT molecular complexity index is 2070. The molecule has 11 heteroatoms. The summed E-state index contributed by atoms with van der Waals surface area (Å²) in [5.41, 5.74) is 1.95. The number of nitrogens with one attached hydrogen (secondary N) is 1. The first-order valence-electron chi connectivity index (χ1n) is 13.0. The van der Waals surface area contributed by atoms with Crippen LogP contribution in [-0.2, 0) is 4.79 Å². The Balaban J connectivity index is 1.28. The lowest BCUT2D eigenvalue weighted by Gasteiger charge is -2.12. The summed E-state index contributed by atoms with van der Waals surface area (Å²) in [5, 5.41) is 9.52. The molecule has 1 N–H and O–H groups in total. The van der Waals surface area contributed by atoms with Gasteiger partial charge in [-0.2, -0.15) is 9.78 Å². The van der Waals surface area contributed by atoms with E-state index in [0.29, 0.717) is 55.0 Å². The van der Waals surface area contributed by atoms with Crippen molar-refractivity contribution in [2.75, 3.05) is 19.0 Å². The number of para-hydroxylation sites is 1. The van der Waals surface area contributed by atoms with Crippen LogP contribution < -0.4 is 20.3 Å². The number of ether oxygens (including phenoxy) is 2. The Kier molecular flexibility index (Phi) is 7.83. The predicted octanol–water partition coefficient (Wildman–Crippen LogP) is 7.02. The van der Waals surface area contributed by atoms with E-state index in [-0.39, 0.29) is 23.9 Å². The van der Waals surface area contributed by atoms with E-state index in [9.17, 15) is 9.59 Å². The second-order valence-electron chi connectivity index (χ2n) is 9.36. The minimum atomic E-state index is -0.367. The molecule has 0 saturated carbocycles. The number of fused-ring (bicyclic) bond motifs is 2. The Hall–Kier alpha value is -5.12. The molecule has 0 aliphatic rings. The van der Waals surface area contributed by atoms with Crippen molar-refractivity contribution in [3.05, 3.63) is 117 Å². The fraction of sp³-hybridized carbons (Fsp3) is 0.0625. The number of hydrogen-bond acceptors (Lipinski definition) is 7. The summed E-state index contributed by atoms with van der Waals surface area (Å²) < 4.78 is 18.4. The second-order valence-corrected chi connectivity index (χ2v) is 10.2. The minimum Gasteiger partial charge on any atom is -0.493 e. The third-order valence-corrected chi connectivity index (χ3v) is 6.94. The minimum absolute atomic E-state index is 0.228. The third kappa shape index (κ3) is 6.08. The maximum atomic E-state index is 13.5. The number of carbonyl (C=O) groups is 1. The Morgan fingerprint density at radius 1 is 0.977 bits per heavy atom. The van der Waals surface area contributed by atoms with Crippen LogP contribution in [0.3, 0.4) is 0 Å². The van der Waals surface area contributed by atoms with E-state index in [1.54, 1.807) is 84.9 Å². The van der Waals surface area contributed by atoms with Gasteiger partial charge in [0.1, 0.15) is 5.58 Å². The van der Waals surface area contributed by atoms with Gasteiger partial charge in [0.05, 0.1) is 24.2 Å². The lowest BCUT2D eigenvalue weighted by Crippen LogP contribution is -2.20. The molecule has 6 aromatic rings. The molecule has 0 atom stereocenters. The molecule has 1 amide bonds. The normalized spacial score (nSPS) is 11.3. The molecule has 9 nitrogen and oxygen atoms in total. The molecule has 0 unspecified atom stereocenters. The molecule has 4 aromatic carbocycles. The summed E-state index contributed by atoms with van der Waals surface area (Å²) in [5.74, 6) is 0.971. The Morgan fingerprint density at radius 2 is 1.77 bits per heavy atom. The van der Waals surface area contributed by atoms with Crippen molar-refractivity contribution in [1.29, 1.82) is 0 Å². The maximum Gasteiger partial charge on any atom is 0.282 e. The first kappa shape index (κ1) is 28.0. The van der Waals surface area contributed by atoms with Crippen molar-refractivity contribution >= 4 is 62.9 Å². The number of anilines is 1. The highest BCUT2D eigenvalue weighted by molar-refractivity contribution is 6.31. The number of methoxy groups -OCH3 is 1. The zero-order valence-electron chi connectivity index (χ0n) is 22.6. The van der Waals surface area contributed by atoms with E-state index in [1.165, 1.54) is 18.0 Å². The standard InChI is InChI=1S/C32H22Cl2N4O5/c1-41-28-14-19(6-12-27(28)42-18-30(39)36-23-10-7-21(33)8-11-23)17-35-38-31(37-25-5-3-2-4-24(25)32(38)40)29-16-20-15-22(34)9-13-26(20)43-29/h2-17H,18H2,1H3,(H,36,39). The highest BCUT2D eigenvalue weighted by Gasteiger charge is 2.17. The lowest BCUT2D eigenvalue weighted by molar-refractivity contribution is -0.118. The summed E-state index contributed by atoms with van der Waals surface area (Å²) in [4.78, 5) is 30.6. The molecule has 0 saturated heterocycles. The van der Waals surface area contributed by atoms with Gasteiger partial charge >= 0.3 is 0 Å². The number of amides is 1. The fourth-order valence-electron chi connectivity index (χ4n) is 4.40. The number of halogens is 2. The number of aromatic nitrogens is 2. The van der Waals surface area contributed by atoms with Crippen LogP contribution in [0.25, 0.3) is 33.5 Å². The summed E-state index contributed by atoms with van der Waals surface area (Å²) >= 11 is 12.0. The molecule has 0 aliphatic heterocycles. The molecule has 2 heterocycles. The van der Waals surface area contributed by atoms with Crippen LogP contribution in [0, 0.1) is 0 Å². The molecule has 6 rings (SSSR count). The van der Waals surface area contributed by atoms with E-state index >= 15 is 0 Å². The summed E-state index contributed by atoms with van der Waals surface area (Å²) in [6.45, 7) is -0.239. The van der Waals surface area contributed by atoms with Crippen molar-refractivity contribution < 1.29 is 18.7 Å². The zero-order valence-corrected chi connectivity index (χ0v) is 24.1. The number of benzene rings is 4. The second kappa shape index (κ2) is 12.0. The van der Waals surface area contributed by atoms with Crippen molar-refractivity contribution in [2.24, 2.45) is 5.10 Å².